The molecule has 122 valence electrons. The van der Waals surface area contributed by atoms with Crippen molar-refractivity contribution in [1.82, 2.24) is 10.3 Å². The Hall–Kier alpha value is -2.28. The van der Waals surface area contributed by atoms with E-state index in [2.05, 4.69) is 10.3 Å². The second-order valence-corrected chi connectivity index (χ2v) is 6.12. The first-order valence-corrected chi connectivity index (χ1v) is 7.90. The van der Waals surface area contributed by atoms with Crippen LogP contribution in [0.2, 0.25) is 0 Å². The number of esters is 1. The molecule has 1 N–H and O–H groups in total. The largest absolute Gasteiger partial charge is 0.451 e. The van der Waals surface area contributed by atoms with Crippen LogP contribution in [0, 0.1) is 19.7 Å². The summed E-state index contributed by atoms with van der Waals surface area (Å²) in [5.41, 5.74) is 1.12. The molecule has 1 aromatic heterocycles. The van der Waals surface area contributed by atoms with Crippen molar-refractivity contribution in [1.29, 1.82) is 0 Å². The number of aromatic nitrogens is 1. The number of halogens is 1. The zero-order valence-electron chi connectivity index (χ0n) is 12.9. The molecule has 0 saturated carbocycles. The summed E-state index contributed by atoms with van der Waals surface area (Å²) in [6.07, 6.45) is 0.375. The van der Waals surface area contributed by atoms with Crippen LogP contribution >= 0.6 is 11.3 Å². The molecule has 2 rings (SSSR count). The molecule has 23 heavy (non-hydrogen) atoms. The number of aryl methyl sites for hydroxylation is 2. The van der Waals surface area contributed by atoms with Crippen molar-refractivity contribution in [2.24, 2.45) is 0 Å². The van der Waals surface area contributed by atoms with Gasteiger partial charge < -0.3 is 10.1 Å². The van der Waals surface area contributed by atoms with Crippen molar-refractivity contribution < 1.29 is 18.7 Å². The van der Waals surface area contributed by atoms with E-state index in [9.17, 15) is 14.0 Å². The average Bonchev–Trinajstić information content (AvgIpc) is 2.85. The molecule has 0 bridgehead atoms. The van der Waals surface area contributed by atoms with E-state index in [0.717, 1.165) is 5.01 Å². The molecule has 5 nitrogen and oxygen atoms in total. The first kappa shape index (κ1) is 17.1. The number of amides is 1. The number of nitrogens with zero attached hydrogens (tertiary/aromatic N) is 1. The second kappa shape index (κ2) is 7.82. The van der Waals surface area contributed by atoms with Crippen LogP contribution in [0.5, 0.6) is 0 Å². The Balaban J connectivity index is 1.74. The van der Waals surface area contributed by atoms with E-state index in [1.54, 1.807) is 32.0 Å². The monoisotopic (exact) mass is 336 g/mol. The summed E-state index contributed by atoms with van der Waals surface area (Å²) in [6.45, 7) is 3.42. The van der Waals surface area contributed by atoms with Gasteiger partial charge in [0.1, 0.15) is 10.7 Å². The SMILES string of the molecule is Cc1nc(C)c(C(=O)OCC(=O)NCCc2ccccc2F)s1. The van der Waals surface area contributed by atoms with Gasteiger partial charge in [0, 0.05) is 6.54 Å². The molecule has 0 saturated heterocycles. The van der Waals surface area contributed by atoms with Crippen molar-refractivity contribution in [2.45, 2.75) is 20.3 Å². The third-order valence-electron chi connectivity index (χ3n) is 3.10. The molecule has 0 aliphatic carbocycles. The number of hydrogen-bond acceptors (Lipinski definition) is 5. The van der Waals surface area contributed by atoms with Gasteiger partial charge in [0.15, 0.2) is 6.61 Å². The molecule has 1 aromatic carbocycles. The smallest absolute Gasteiger partial charge is 0.350 e. The van der Waals surface area contributed by atoms with E-state index < -0.39 is 11.9 Å². The van der Waals surface area contributed by atoms with Crippen LogP contribution in [0.4, 0.5) is 4.39 Å². The van der Waals surface area contributed by atoms with Crippen LogP contribution in [0.1, 0.15) is 25.9 Å². The number of rotatable bonds is 6. The summed E-state index contributed by atoms with van der Waals surface area (Å²) in [6, 6.07) is 6.39. The summed E-state index contributed by atoms with van der Waals surface area (Å²) >= 11 is 1.23. The van der Waals surface area contributed by atoms with E-state index in [4.69, 9.17) is 4.74 Å². The van der Waals surface area contributed by atoms with Crippen LogP contribution in [-0.2, 0) is 16.0 Å². The standard InChI is InChI=1S/C16H17FN2O3S/c1-10-15(23-11(2)19-10)16(21)22-9-14(20)18-8-7-12-5-3-4-6-13(12)17/h3-6H,7-9H2,1-2H3,(H,18,20). The number of carbonyl (C=O) groups excluding carboxylic acids is 2. The van der Waals surface area contributed by atoms with Gasteiger partial charge in [0.05, 0.1) is 10.7 Å². The lowest BCUT2D eigenvalue weighted by atomic mass is 10.1. The van der Waals surface area contributed by atoms with Crippen LogP contribution < -0.4 is 5.32 Å². The fourth-order valence-corrected chi connectivity index (χ4v) is 2.82. The molecule has 1 amide bonds. The van der Waals surface area contributed by atoms with Gasteiger partial charge in [-0.2, -0.15) is 0 Å². The Morgan fingerprint density at radius 3 is 2.70 bits per heavy atom. The number of thiazole rings is 1. The number of carbonyl (C=O) groups is 2. The molecule has 1 heterocycles. The minimum Gasteiger partial charge on any atom is -0.451 e. The van der Waals surface area contributed by atoms with Crippen LogP contribution in [0.3, 0.4) is 0 Å². The van der Waals surface area contributed by atoms with Gasteiger partial charge in [-0.1, -0.05) is 18.2 Å². The predicted molar refractivity (Wildman–Crippen MR) is 85.0 cm³/mol. The Labute approximate surface area is 137 Å². The van der Waals surface area contributed by atoms with Gasteiger partial charge in [0.2, 0.25) is 0 Å². The second-order valence-electron chi connectivity index (χ2n) is 4.91. The topological polar surface area (TPSA) is 68.3 Å². The van der Waals surface area contributed by atoms with Gasteiger partial charge in [-0.05, 0) is 31.9 Å². The Kier molecular flexibility index (Phi) is 5.81. The maximum atomic E-state index is 13.4. The van der Waals surface area contributed by atoms with Crippen molar-refractivity contribution in [3.8, 4) is 0 Å². The lowest BCUT2D eigenvalue weighted by Crippen LogP contribution is -2.30. The minimum atomic E-state index is -0.558. The molecule has 0 spiro atoms. The highest BCUT2D eigenvalue weighted by Crippen LogP contribution is 2.17. The first-order chi connectivity index (χ1) is 11.0. The summed E-state index contributed by atoms with van der Waals surface area (Å²) in [5.74, 6) is -1.28. The molecule has 0 radical (unpaired) electrons. The zero-order valence-corrected chi connectivity index (χ0v) is 13.7. The first-order valence-electron chi connectivity index (χ1n) is 7.08. The van der Waals surface area contributed by atoms with Gasteiger partial charge in [-0.3, -0.25) is 4.79 Å². The van der Waals surface area contributed by atoms with Crippen LogP contribution in [0.25, 0.3) is 0 Å². The van der Waals surface area contributed by atoms with E-state index >= 15 is 0 Å². The van der Waals surface area contributed by atoms with E-state index in [1.807, 2.05) is 0 Å². The number of hydrogen-bond donors (Lipinski definition) is 1. The highest BCUT2D eigenvalue weighted by Gasteiger charge is 2.16. The van der Waals surface area contributed by atoms with E-state index in [-0.39, 0.29) is 19.0 Å². The molecular weight excluding hydrogens is 319 g/mol. The van der Waals surface area contributed by atoms with Crippen LogP contribution in [0.15, 0.2) is 24.3 Å². The average molecular weight is 336 g/mol. The van der Waals surface area contributed by atoms with E-state index in [1.165, 1.54) is 17.4 Å². The third kappa shape index (κ3) is 4.85. The molecule has 7 heteroatoms. The maximum absolute atomic E-state index is 13.4. The highest BCUT2D eigenvalue weighted by atomic mass is 32.1. The van der Waals surface area contributed by atoms with Crippen LogP contribution in [-0.4, -0.2) is 30.0 Å². The fourth-order valence-electron chi connectivity index (χ4n) is 2.01. The quantitative estimate of drug-likeness (QED) is 0.823. The Morgan fingerprint density at radius 2 is 2.04 bits per heavy atom. The summed E-state index contributed by atoms with van der Waals surface area (Å²) < 4.78 is 18.4. The molecular formula is C16H17FN2O3S. The number of nitrogens with one attached hydrogen (secondary N) is 1. The Bertz CT molecular complexity index is 715. The van der Waals surface area contributed by atoms with Gasteiger partial charge in [-0.15, -0.1) is 11.3 Å². The lowest BCUT2D eigenvalue weighted by molar-refractivity contribution is -0.124. The summed E-state index contributed by atoms with van der Waals surface area (Å²) in [7, 11) is 0. The van der Waals surface area contributed by atoms with Crippen molar-refractivity contribution in [3.05, 3.63) is 51.2 Å². The van der Waals surface area contributed by atoms with Crippen molar-refractivity contribution in [2.75, 3.05) is 13.2 Å². The molecule has 0 aliphatic rings. The third-order valence-corrected chi connectivity index (χ3v) is 4.15. The van der Waals surface area contributed by atoms with Crippen molar-refractivity contribution >= 4 is 23.2 Å². The Morgan fingerprint density at radius 1 is 1.30 bits per heavy atom. The summed E-state index contributed by atoms with van der Waals surface area (Å²) in [5, 5.41) is 3.36. The van der Waals surface area contributed by atoms with Gasteiger partial charge in [0.25, 0.3) is 5.91 Å². The predicted octanol–water partition coefficient (Wildman–Crippen LogP) is 2.41. The highest BCUT2D eigenvalue weighted by molar-refractivity contribution is 7.13. The molecule has 0 aliphatic heterocycles. The minimum absolute atomic E-state index is 0.274. The van der Waals surface area contributed by atoms with E-state index in [0.29, 0.717) is 22.6 Å². The maximum Gasteiger partial charge on any atom is 0.350 e. The number of ether oxygens (including phenoxy) is 1. The normalized spacial score (nSPS) is 10.4. The van der Waals surface area contributed by atoms with Gasteiger partial charge >= 0.3 is 5.97 Å². The number of benzene rings is 1. The molecule has 0 atom stereocenters. The summed E-state index contributed by atoms with van der Waals surface area (Å²) in [4.78, 5) is 28.0. The fraction of sp³-hybridized carbons (Fsp3) is 0.312. The molecule has 2 aromatic rings. The van der Waals surface area contributed by atoms with Crippen molar-refractivity contribution in [3.63, 3.8) is 0 Å². The zero-order chi connectivity index (χ0) is 16.8. The van der Waals surface area contributed by atoms with Gasteiger partial charge in [-0.25, -0.2) is 14.2 Å². The molecule has 0 unspecified atom stereocenters. The molecule has 0 fully saturated rings. The lowest BCUT2D eigenvalue weighted by Gasteiger charge is -2.07.